The van der Waals surface area contributed by atoms with Gasteiger partial charge in [0.15, 0.2) is 5.82 Å². The van der Waals surface area contributed by atoms with Gasteiger partial charge in [-0.05, 0) is 75.0 Å². The molecule has 4 atom stereocenters. The Balaban J connectivity index is 1.32. The van der Waals surface area contributed by atoms with Crippen molar-refractivity contribution >= 4 is 38.7 Å². The number of nitrogens with zero attached hydrogens (tertiary/aromatic N) is 5. The first kappa shape index (κ1) is 26.9. The minimum Gasteiger partial charge on any atom is -0.461 e. The van der Waals surface area contributed by atoms with Gasteiger partial charge in [0.25, 0.3) is 0 Å². The summed E-state index contributed by atoms with van der Waals surface area (Å²) in [6.07, 6.45) is 2.49. The van der Waals surface area contributed by atoms with E-state index < -0.39 is 28.9 Å². The van der Waals surface area contributed by atoms with Crippen LogP contribution in [0, 0.1) is 11.6 Å². The molecule has 212 valence electrons. The van der Waals surface area contributed by atoms with Gasteiger partial charge in [-0.25, -0.2) is 18.0 Å². The molecule has 4 aliphatic heterocycles. The van der Waals surface area contributed by atoms with Gasteiger partial charge in [0.2, 0.25) is 0 Å². The highest BCUT2D eigenvalue weighted by molar-refractivity contribution is 9.10. The maximum atomic E-state index is 15.3. The molecule has 0 aliphatic carbocycles. The van der Waals surface area contributed by atoms with Crippen molar-refractivity contribution < 1.29 is 27.4 Å². The van der Waals surface area contributed by atoms with Crippen LogP contribution in [0.1, 0.15) is 52.9 Å². The monoisotopic (exact) mass is 611 g/mol. The van der Waals surface area contributed by atoms with E-state index in [1.807, 2.05) is 25.7 Å². The average Bonchev–Trinajstić information content (AvgIpc) is 3.47. The summed E-state index contributed by atoms with van der Waals surface area (Å²) < 4.78 is 55.7. The molecule has 2 aromatic rings. The number of amides is 1. The fraction of sp³-hybridized carbons (Fsp3) is 0.667. The number of fused-ring (bicyclic) bond motifs is 4. The number of ether oxygens (including phenoxy) is 2. The molecule has 1 amide bonds. The Morgan fingerprint density at radius 3 is 2.59 bits per heavy atom. The zero-order valence-electron chi connectivity index (χ0n) is 22.4. The zero-order chi connectivity index (χ0) is 27.7. The fourth-order valence-corrected chi connectivity index (χ4v) is 7.08. The Labute approximate surface area is 233 Å². The summed E-state index contributed by atoms with van der Waals surface area (Å²) in [6.45, 7) is 7.77. The number of anilines is 1. The highest BCUT2D eigenvalue weighted by Crippen LogP contribution is 2.41. The number of alkyl halides is 1. The van der Waals surface area contributed by atoms with E-state index in [1.165, 1.54) is 6.07 Å². The summed E-state index contributed by atoms with van der Waals surface area (Å²) >= 11 is 2.99. The number of benzene rings is 1. The normalized spacial score (nSPS) is 28.8. The van der Waals surface area contributed by atoms with Crippen LogP contribution in [0.15, 0.2) is 10.5 Å². The second-order valence-corrected chi connectivity index (χ2v) is 13.0. The molecule has 4 fully saturated rings. The van der Waals surface area contributed by atoms with Crippen LogP contribution in [-0.4, -0.2) is 88.0 Å². The number of hydrogen-bond acceptors (Lipinski definition) is 7. The Morgan fingerprint density at radius 1 is 1.18 bits per heavy atom. The summed E-state index contributed by atoms with van der Waals surface area (Å²) in [5.41, 5.74) is -1.08. The lowest BCUT2D eigenvalue weighted by Gasteiger charge is -2.42. The molecule has 1 aromatic carbocycles. The van der Waals surface area contributed by atoms with E-state index in [1.54, 1.807) is 4.90 Å². The second-order valence-electron chi connectivity index (χ2n) is 12.3. The van der Waals surface area contributed by atoms with Crippen LogP contribution in [-0.2, 0) is 4.74 Å². The van der Waals surface area contributed by atoms with Gasteiger partial charge in [-0.15, -0.1) is 0 Å². The summed E-state index contributed by atoms with van der Waals surface area (Å²) in [6, 6.07) is 0.958. The van der Waals surface area contributed by atoms with E-state index in [4.69, 9.17) is 9.47 Å². The zero-order valence-corrected chi connectivity index (χ0v) is 23.9. The van der Waals surface area contributed by atoms with Crippen LogP contribution in [0.3, 0.4) is 0 Å². The molecule has 5 heterocycles. The van der Waals surface area contributed by atoms with E-state index in [9.17, 15) is 13.6 Å². The van der Waals surface area contributed by atoms with Gasteiger partial charge >= 0.3 is 12.1 Å². The van der Waals surface area contributed by atoms with Crippen molar-refractivity contribution in [1.82, 2.24) is 19.8 Å². The third kappa shape index (κ3) is 4.81. The number of carbonyl (C=O) groups excluding carboxylic acids is 1. The van der Waals surface area contributed by atoms with Crippen molar-refractivity contribution in [2.75, 3.05) is 37.7 Å². The van der Waals surface area contributed by atoms with E-state index in [0.717, 1.165) is 32.2 Å². The molecule has 0 saturated carbocycles. The van der Waals surface area contributed by atoms with Gasteiger partial charge < -0.3 is 14.4 Å². The number of carbonyl (C=O) groups is 1. The summed E-state index contributed by atoms with van der Waals surface area (Å²) in [5, 5.41) is 0.232. The molecule has 6 rings (SSSR count). The lowest BCUT2D eigenvalue weighted by atomic mass is 9.95. The van der Waals surface area contributed by atoms with Gasteiger partial charge in [-0.3, -0.25) is 9.80 Å². The van der Waals surface area contributed by atoms with E-state index in [2.05, 4.69) is 30.8 Å². The number of halogens is 4. The standard InChI is InChI=1S/C27H33BrF3N5O3/c1-26(2,3)39-25(37)36-16-5-6-17(36)13-34(12-16)23-18-9-19(30)20(28)21(31)22(18)32-24(33-23)38-14-27-7-4-8-35(27)11-15(29)10-27/h9,15-17H,4-8,10-14H2,1-3H3/t15-,16?,17?,27+/m1/s1. The lowest BCUT2D eigenvalue weighted by Crippen LogP contribution is -2.57. The molecule has 4 saturated heterocycles. The van der Waals surface area contributed by atoms with Gasteiger partial charge in [0.05, 0.1) is 22.1 Å². The predicted molar refractivity (Wildman–Crippen MR) is 143 cm³/mol. The summed E-state index contributed by atoms with van der Waals surface area (Å²) in [4.78, 5) is 27.8. The van der Waals surface area contributed by atoms with Crippen LogP contribution in [0.2, 0.25) is 0 Å². The van der Waals surface area contributed by atoms with Crippen LogP contribution in [0.25, 0.3) is 10.9 Å². The van der Waals surface area contributed by atoms with Crippen LogP contribution in [0.5, 0.6) is 6.01 Å². The minimum absolute atomic E-state index is 0.0274. The quantitative estimate of drug-likeness (QED) is 0.439. The third-order valence-corrected chi connectivity index (χ3v) is 9.13. The molecule has 4 aliphatic rings. The van der Waals surface area contributed by atoms with Gasteiger partial charge in [-0.1, -0.05) is 0 Å². The Kier molecular flexibility index (Phi) is 6.64. The van der Waals surface area contributed by atoms with Gasteiger partial charge in [-0.2, -0.15) is 9.97 Å². The molecular weight excluding hydrogens is 579 g/mol. The molecule has 8 nitrogen and oxygen atoms in total. The Hall–Kier alpha value is -2.34. The van der Waals surface area contributed by atoms with Gasteiger partial charge in [0.1, 0.15) is 35.5 Å². The maximum Gasteiger partial charge on any atom is 0.410 e. The highest BCUT2D eigenvalue weighted by Gasteiger charge is 2.50. The molecular formula is C27H33BrF3N5O3. The fourth-order valence-electron chi connectivity index (χ4n) is 6.78. The van der Waals surface area contributed by atoms with Crippen molar-refractivity contribution in [2.24, 2.45) is 0 Å². The Morgan fingerprint density at radius 2 is 1.90 bits per heavy atom. The predicted octanol–water partition coefficient (Wildman–Crippen LogP) is 5.21. The minimum atomic E-state index is -0.907. The van der Waals surface area contributed by atoms with Crippen molar-refractivity contribution in [1.29, 1.82) is 0 Å². The average molecular weight is 612 g/mol. The summed E-state index contributed by atoms with van der Waals surface area (Å²) in [7, 11) is 0. The molecule has 0 N–H and O–H groups in total. The van der Waals surface area contributed by atoms with Crippen LogP contribution < -0.4 is 9.64 Å². The first-order valence-corrected chi connectivity index (χ1v) is 14.4. The van der Waals surface area contributed by atoms with Gasteiger partial charge in [0, 0.05) is 31.4 Å². The SMILES string of the molecule is CC(C)(C)OC(=O)N1C2CCC1CN(c1nc(OC[C@@]34CCCN3C[C@H](F)C4)nc3c(F)c(Br)c(F)cc13)C2. The molecule has 12 heteroatoms. The number of aromatic nitrogens is 2. The van der Waals surface area contributed by atoms with Crippen molar-refractivity contribution in [3.63, 3.8) is 0 Å². The highest BCUT2D eigenvalue weighted by atomic mass is 79.9. The number of hydrogen-bond donors (Lipinski definition) is 0. The summed E-state index contributed by atoms with van der Waals surface area (Å²) in [5.74, 6) is -1.23. The van der Waals surface area contributed by atoms with E-state index in [0.29, 0.717) is 31.9 Å². The van der Waals surface area contributed by atoms with Crippen molar-refractivity contribution in [2.45, 2.75) is 82.3 Å². The van der Waals surface area contributed by atoms with E-state index in [-0.39, 0.29) is 46.2 Å². The Bertz CT molecular complexity index is 1300. The molecule has 0 radical (unpaired) electrons. The van der Waals surface area contributed by atoms with Crippen molar-refractivity contribution in [3.8, 4) is 6.01 Å². The molecule has 39 heavy (non-hydrogen) atoms. The second kappa shape index (κ2) is 9.64. The maximum absolute atomic E-state index is 15.3. The first-order chi connectivity index (χ1) is 18.4. The van der Waals surface area contributed by atoms with Crippen molar-refractivity contribution in [3.05, 3.63) is 22.2 Å². The van der Waals surface area contributed by atoms with E-state index >= 15 is 4.39 Å². The topological polar surface area (TPSA) is 71.0 Å². The van der Waals surface area contributed by atoms with Crippen LogP contribution >= 0.6 is 15.9 Å². The molecule has 1 aromatic heterocycles. The smallest absolute Gasteiger partial charge is 0.410 e. The largest absolute Gasteiger partial charge is 0.461 e. The van der Waals surface area contributed by atoms with Crippen LogP contribution in [0.4, 0.5) is 23.8 Å². The molecule has 2 bridgehead atoms. The number of rotatable bonds is 4. The molecule has 0 spiro atoms. The molecule has 2 unspecified atom stereocenters. The third-order valence-electron chi connectivity index (χ3n) is 8.40. The lowest BCUT2D eigenvalue weighted by molar-refractivity contribution is 0.0122. The number of piperazine rings is 1. The first-order valence-electron chi connectivity index (χ1n) is 13.6.